The molecule has 0 aliphatic rings. The number of hydrogen-bond donors (Lipinski definition) is 1. The molecular weight excluding hydrogens is 474 g/mol. The Morgan fingerprint density at radius 3 is 2.00 bits per heavy atom. The van der Waals surface area contributed by atoms with E-state index < -0.39 is 16.1 Å². The topological polar surface area (TPSA) is 86.8 Å². The molecule has 198 valence electrons. The molecule has 0 aliphatic carbocycles. The summed E-state index contributed by atoms with van der Waals surface area (Å²) in [5, 5.41) is 2.96. The van der Waals surface area contributed by atoms with Crippen molar-refractivity contribution in [1.29, 1.82) is 0 Å². The second kappa shape index (κ2) is 13.4. The second-order valence-electron chi connectivity index (χ2n) is 9.84. The van der Waals surface area contributed by atoms with Crippen molar-refractivity contribution >= 4 is 27.5 Å². The predicted molar refractivity (Wildman–Crippen MR) is 146 cm³/mol. The van der Waals surface area contributed by atoms with Gasteiger partial charge in [-0.2, -0.15) is 0 Å². The summed E-state index contributed by atoms with van der Waals surface area (Å²) >= 11 is 0. The first-order chi connectivity index (χ1) is 16.9. The van der Waals surface area contributed by atoms with E-state index in [0.717, 1.165) is 16.7 Å². The van der Waals surface area contributed by atoms with Gasteiger partial charge in [0.05, 0.1) is 11.9 Å². The zero-order valence-corrected chi connectivity index (χ0v) is 23.3. The standard InChI is InChI=1S/C28H41N3O4S/c1-7-26(28(33)29-19-21(2)3)30(20-24-14-10-22(4)11-15-24)27(32)9-8-18-31(36(6,34)35)25-16-12-23(5)13-17-25/h10-17,21,26H,7-9,18-20H2,1-6H3,(H,29,33)/t26-/m1/s1. The minimum absolute atomic E-state index is 0.137. The number of amides is 2. The van der Waals surface area contributed by atoms with E-state index in [0.29, 0.717) is 37.5 Å². The van der Waals surface area contributed by atoms with Gasteiger partial charge in [-0.1, -0.05) is 68.3 Å². The maximum Gasteiger partial charge on any atom is 0.242 e. The molecule has 36 heavy (non-hydrogen) atoms. The fourth-order valence-electron chi connectivity index (χ4n) is 3.95. The lowest BCUT2D eigenvalue weighted by molar-refractivity contribution is -0.141. The molecule has 2 aromatic rings. The molecule has 0 saturated carbocycles. The van der Waals surface area contributed by atoms with Gasteiger partial charge in [-0.05, 0) is 50.3 Å². The maximum absolute atomic E-state index is 13.4. The van der Waals surface area contributed by atoms with Crippen LogP contribution in [0, 0.1) is 19.8 Å². The highest BCUT2D eigenvalue weighted by atomic mass is 32.2. The first-order valence-electron chi connectivity index (χ1n) is 12.6. The Balaban J connectivity index is 2.19. The molecule has 2 aromatic carbocycles. The number of nitrogens with zero attached hydrogens (tertiary/aromatic N) is 2. The molecule has 2 amide bonds. The lowest BCUT2D eigenvalue weighted by Crippen LogP contribution is -2.49. The number of sulfonamides is 1. The molecule has 0 bridgehead atoms. The first kappa shape index (κ1) is 29.4. The lowest BCUT2D eigenvalue weighted by Gasteiger charge is -2.31. The Morgan fingerprint density at radius 1 is 0.944 bits per heavy atom. The van der Waals surface area contributed by atoms with Crippen molar-refractivity contribution < 1.29 is 18.0 Å². The summed E-state index contributed by atoms with van der Waals surface area (Å²) in [6.45, 7) is 10.9. The number of carbonyl (C=O) groups excluding carboxylic acids is 2. The predicted octanol–water partition coefficient (Wildman–Crippen LogP) is 4.43. The van der Waals surface area contributed by atoms with E-state index in [1.54, 1.807) is 17.0 Å². The molecule has 0 heterocycles. The summed E-state index contributed by atoms with van der Waals surface area (Å²) in [5.74, 6) is -0.0278. The summed E-state index contributed by atoms with van der Waals surface area (Å²) in [6.07, 6.45) is 2.14. The number of hydrogen-bond acceptors (Lipinski definition) is 4. The highest BCUT2D eigenvalue weighted by Crippen LogP contribution is 2.20. The van der Waals surface area contributed by atoms with Crippen LogP contribution in [-0.4, -0.2) is 50.5 Å². The summed E-state index contributed by atoms with van der Waals surface area (Å²) in [5.41, 5.74) is 3.68. The van der Waals surface area contributed by atoms with Gasteiger partial charge in [0.15, 0.2) is 0 Å². The third kappa shape index (κ3) is 8.97. The molecule has 7 nitrogen and oxygen atoms in total. The van der Waals surface area contributed by atoms with E-state index in [4.69, 9.17) is 0 Å². The van der Waals surface area contributed by atoms with E-state index in [9.17, 15) is 18.0 Å². The minimum atomic E-state index is -3.51. The van der Waals surface area contributed by atoms with Crippen molar-refractivity contribution in [2.24, 2.45) is 5.92 Å². The number of aryl methyl sites for hydroxylation is 2. The Labute approximate surface area is 216 Å². The van der Waals surface area contributed by atoms with Crippen LogP contribution in [0.1, 0.15) is 56.7 Å². The molecule has 1 N–H and O–H groups in total. The number of benzene rings is 2. The fourth-order valence-corrected chi connectivity index (χ4v) is 4.91. The average molecular weight is 516 g/mol. The smallest absolute Gasteiger partial charge is 0.242 e. The summed E-state index contributed by atoms with van der Waals surface area (Å²) in [7, 11) is -3.51. The van der Waals surface area contributed by atoms with E-state index in [2.05, 4.69) is 5.32 Å². The van der Waals surface area contributed by atoms with Crippen molar-refractivity contribution in [3.05, 3.63) is 65.2 Å². The monoisotopic (exact) mass is 515 g/mol. The van der Waals surface area contributed by atoms with Crippen LogP contribution in [0.3, 0.4) is 0 Å². The van der Waals surface area contributed by atoms with Gasteiger partial charge in [0.1, 0.15) is 6.04 Å². The molecule has 8 heteroatoms. The van der Waals surface area contributed by atoms with E-state index in [1.807, 2.05) is 71.0 Å². The number of nitrogens with one attached hydrogen (secondary N) is 1. The Hall–Kier alpha value is -2.87. The highest BCUT2D eigenvalue weighted by molar-refractivity contribution is 7.92. The van der Waals surface area contributed by atoms with Crippen LogP contribution in [0.5, 0.6) is 0 Å². The minimum Gasteiger partial charge on any atom is -0.354 e. The van der Waals surface area contributed by atoms with Gasteiger partial charge in [-0.15, -0.1) is 0 Å². The normalized spacial score (nSPS) is 12.3. The zero-order valence-electron chi connectivity index (χ0n) is 22.5. The Bertz CT molecular complexity index is 1100. The summed E-state index contributed by atoms with van der Waals surface area (Å²) in [4.78, 5) is 28.1. The third-order valence-corrected chi connectivity index (χ3v) is 7.21. The van der Waals surface area contributed by atoms with Crippen LogP contribution >= 0.6 is 0 Å². The number of anilines is 1. The summed E-state index contributed by atoms with van der Waals surface area (Å²) in [6, 6.07) is 14.6. The highest BCUT2D eigenvalue weighted by Gasteiger charge is 2.29. The molecule has 0 radical (unpaired) electrons. The van der Waals surface area contributed by atoms with Crippen molar-refractivity contribution in [1.82, 2.24) is 10.2 Å². The van der Waals surface area contributed by atoms with Gasteiger partial charge < -0.3 is 10.2 Å². The van der Waals surface area contributed by atoms with Crippen molar-refractivity contribution in [3.8, 4) is 0 Å². The number of carbonyl (C=O) groups is 2. The largest absolute Gasteiger partial charge is 0.354 e. The van der Waals surface area contributed by atoms with E-state index in [1.165, 1.54) is 10.6 Å². The average Bonchev–Trinajstić information content (AvgIpc) is 2.81. The van der Waals surface area contributed by atoms with Crippen LogP contribution < -0.4 is 9.62 Å². The molecular formula is C28H41N3O4S. The molecule has 0 saturated heterocycles. The van der Waals surface area contributed by atoms with Crippen LogP contribution in [0.2, 0.25) is 0 Å². The van der Waals surface area contributed by atoms with Crippen LogP contribution in [0.25, 0.3) is 0 Å². The van der Waals surface area contributed by atoms with Crippen molar-refractivity contribution in [2.75, 3.05) is 23.7 Å². The molecule has 2 rings (SSSR count). The molecule has 0 aliphatic heterocycles. The van der Waals surface area contributed by atoms with Gasteiger partial charge >= 0.3 is 0 Å². The molecule has 0 unspecified atom stereocenters. The first-order valence-corrected chi connectivity index (χ1v) is 14.4. The molecule has 0 fully saturated rings. The SMILES string of the molecule is CC[C@H](C(=O)NCC(C)C)N(Cc1ccc(C)cc1)C(=O)CCCN(c1ccc(C)cc1)S(C)(=O)=O. The van der Waals surface area contributed by atoms with Gasteiger partial charge in [-0.3, -0.25) is 13.9 Å². The summed E-state index contributed by atoms with van der Waals surface area (Å²) < 4.78 is 26.2. The molecule has 0 aromatic heterocycles. The molecule has 1 atom stereocenters. The molecule has 0 spiro atoms. The van der Waals surface area contributed by atoms with Gasteiger partial charge in [0.25, 0.3) is 0 Å². The fraction of sp³-hybridized carbons (Fsp3) is 0.500. The Morgan fingerprint density at radius 2 is 1.50 bits per heavy atom. The van der Waals surface area contributed by atoms with Gasteiger partial charge in [0, 0.05) is 26.1 Å². The number of rotatable bonds is 13. The van der Waals surface area contributed by atoms with Crippen LogP contribution in [-0.2, 0) is 26.2 Å². The van der Waals surface area contributed by atoms with Gasteiger partial charge in [0.2, 0.25) is 21.8 Å². The van der Waals surface area contributed by atoms with Crippen LogP contribution in [0.4, 0.5) is 5.69 Å². The van der Waals surface area contributed by atoms with E-state index >= 15 is 0 Å². The van der Waals surface area contributed by atoms with E-state index in [-0.39, 0.29) is 24.8 Å². The maximum atomic E-state index is 13.4. The van der Waals surface area contributed by atoms with Gasteiger partial charge in [-0.25, -0.2) is 8.42 Å². The van der Waals surface area contributed by atoms with Crippen molar-refractivity contribution in [2.45, 2.75) is 66.5 Å². The van der Waals surface area contributed by atoms with Crippen molar-refractivity contribution in [3.63, 3.8) is 0 Å². The zero-order chi connectivity index (χ0) is 26.9. The van der Waals surface area contributed by atoms with Crippen LogP contribution in [0.15, 0.2) is 48.5 Å². The quantitative estimate of drug-likeness (QED) is 0.428. The Kier molecular flexibility index (Phi) is 11.0. The third-order valence-electron chi connectivity index (χ3n) is 6.02. The lowest BCUT2D eigenvalue weighted by atomic mass is 10.1. The second-order valence-corrected chi connectivity index (χ2v) is 11.8.